The van der Waals surface area contributed by atoms with E-state index in [1.165, 1.54) is 11.1 Å². The maximum atomic E-state index is 12.3. The SMILES string of the molecule is Cc1cc(N2CC(Cn3nc4c(cc3=O)CCC4)C2)c2ccccc2n1. The lowest BCUT2D eigenvalue weighted by Crippen LogP contribution is -2.50. The lowest BCUT2D eigenvalue weighted by Gasteiger charge is -2.41. The molecule has 0 spiro atoms. The average molecular weight is 346 g/mol. The molecule has 5 heteroatoms. The number of aromatic nitrogens is 3. The van der Waals surface area contributed by atoms with Crippen LogP contribution in [0.1, 0.15) is 23.4 Å². The molecule has 1 saturated heterocycles. The van der Waals surface area contributed by atoms with Gasteiger partial charge >= 0.3 is 0 Å². The maximum Gasteiger partial charge on any atom is 0.267 e. The van der Waals surface area contributed by atoms with Crippen LogP contribution in [0.2, 0.25) is 0 Å². The second-order valence-corrected chi connectivity index (χ2v) is 7.56. The van der Waals surface area contributed by atoms with E-state index in [0.29, 0.717) is 12.5 Å². The molecule has 3 aromatic rings. The highest BCUT2D eigenvalue weighted by atomic mass is 16.1. The van der Waals surface area contributed by atoms with E-state index < -0.39 is 0 Å². The van der Waals surface area contributed by atoms with Gasteiger partial charge < -0.3 is 4.90 Å². The first kappa shape index (κ1) is 15.6. The van der Waals surface area contributed by atoms with Crippen LogP contribution < -0.4 is 10.5 Å². The number of rotatable bonds is 3. The Kier molecular flexibility index (Phi) is 3.55. The van der Waals surface area contributed by atoms with Crippen molar-refractivity contribution in [2.24, 2.45) is 5.92 Å². The van der Waals surface area contributed by atoms with Crippen molar-refractivity contribution in [2.45, 2.75) is 32.7 Å². The third kappa shape index (κ3) is 2.59. The van der Waals surface area contributed by atoms with Gasteiger partial charge in [-0.2, -0.15) is 5.10 Å². The fourth-order valence-corrected chi connectivity index (χ4v) is 4.24. The minimum absolute atomic E-state index is 0.0503. The van der Waals surface area contributed by atoms with Gasteiger partial charge in [-0.15, -0.1) is 0 Å². The summed E-state index contributed by atoms with van der Waals surface area (Å²) in [5.74, 6) is 0.465. The van der Waals surface area contributed by atoms with Gasteiger partial charge in [0.05, 0.1) is 17.8 Å². The lowest BCUT2D eigenvalue weighted by atomic mass is 9.98. The quantitative estimate of drug-likeness (QED) is 0.732. The van der Waals surface area contributed by atoms with Crippen molar-refractivity contribution in [3.8, 4) is 0 Å². The second-order valence-electron chi connectivity index (χ2n) is 7.56. The Morgan fingerprint density at radius 1 is 1.15 bits per heavy atom. The number of pyridine rings is 1. The van der Waals surface area contributed by atoms with Crippen molar-refractivity contribution in [1.82, 2.24) is 14.8 Å². The summed E-state index contributed by atoms with van der Waals surface area (Å²) in [5, 5.41) is 5.81. The first-order chi connectivity index (χ1) is 12.7. The topological polar surface area (TPSA) is 51.0 Å². The van der Waals surface area contributed by atoms with E-state index in [-0.39, 0.29) is 5.56 Å². The molecule has 0 atom stereocenters. The van der Waals surface area contributed by atoms with E-state index in [1.54, 1.807) is 10.7 Å². The molecule has 0 N–H and O–H groups in total. The number of nitrogens with zero attached hydrogens (tertiary/aromatic N) is 4. The summed E-state index contributed by atoms with van der Waals surface area (Å²) >= 11 is 0. The Hall–Kier alpha value is -2.69. The predicted molar refractivity (Wildman–Crippen MR) is 103 cm³/mol. The molecule has 3 heterocycles. The van der Waals surface area contributed by atoms with E-state index >= 15 is 0 Å². The molecule has 2 aromatic heterocycles. The molecule has 2 aliphatic rings. The molecule has 0 amide bonds. The van der Waals surface area contributed by atoms with E-state index in [1.807, 2.05) is 13.0 Å². The number of benzene rings is 1. The summed E-state index contributed by atoms with van der Waals surface area (Å²) in [6.07, 6.45) is 3.14. The Bertz CT molecular complexity index is 1050. The van der Waals surface area contributed by atoms with Gasteiger partial charge in [-0.1, -0.05) is 18.2 Å². The summed E-state index contributed by atoms with van der Waals surface area (Å²) in [4.78, 5) is 19.3. The molecule has 0 radical (unpaired) electrons. The molecule has 0 unspecified atom stereocenters. The van der Waals surface area contributed by atoms with Crippen LogP contribution in [-0.4, -0.2) is 27.9 Å². The van der Waals surface area contributed by atoms with Gasteiger partial charge in [0.1, 0.15) is 0 Å². The van der Waals surface area contributed by atoms with Gasteiger partial charge in [-0.3, -0.25) is 9.78 Å². The highest BCUT2D eigenvalue weighted by molar-refractivity contribution is 5.92. The Morgan fingerprint density at radius 3 is 2.88 bits per heavy atom. The summed E-state index contributed by atoms with van der Waals surface area (Å²) in [5.41, 5.74) is 5.66. The van der Waals surface area contributed by atoms with E-state index in [0.717, 1.165) is 54.8 Å². The van der Waals surface area contributed by atoms with Gasteiger partial charge in [0.25, 0.3) is 5.56 Å². The zero-order valence-corrected chi connectivity index (χ0v) is 15.0. The number of aryl methyl sites for hydroxylation is 3. The number of para-hydroxylation sites is 1. The minimum Gasteiger partial charge on any atom is -0.370 e. The van der Waals surface area contributed by atoms with Crippen molar-refractivity contribution in [1.29, 1.82) is 0 Å². The summed E-state index contributed by atoms with van der Waals surface area (Å²) < 4.78 is 1.68. The Morgan fingerprint density at radius 2 is 2.00 bits per heavy atom. The zero-order valence-electron chi connectivity index (χ0n) is 15.0. The summed E-state index contributed by atoms with van der Waals surface area (Å²) in [6, 6.07) is 12.3. The Labute approximate surface area is 152 Å². The normalized spacial score (nSPS) is 16.7. The van der Waals surface area contributed by atoms with Crippen molar-refractivity contribution in [3.05, 3.63) is 63.7 Å². The van der Waals surface area contributed by atoms with Crippen LogP contribution in [-0.2, 0) is 19.4 Å². The van der Waals surface area contributed by atoms with Crippen LogP contribution in [0.5, 0.6) is 0 Å². The maximum absolute atomic E-state index is 12.3. The fourth-order valence-electron chi connectivity index (χ4n) is 4.24. The Balaban J connectivity index is 1.35. The van der Waals surface area contributed by atoms with Crippen molar-refractivity contribution < 1.29 is 0 Å². The molecule has 5 rings (SSSR count). The molecule has 5 nitrogen and oxygen atoms in total. The highest BCUT2D eigenvalue weighted by Gasteiger charge is 2.29. The fraction of sp³-hybridized carbons (Fsp3) is 0.381. The van der Waals surface area contributed by atoms with E-state index in [4.69, 9.17) is 0 Å². The van der Waals surface area contributed by atoms with Crippen LogP contribution in [0.15, 0.2) is 41.2 Å². The highest BCUT2D eigenvalue weighted by Crippen LogP contribution is 2.32. The minimum atomic E-state index is 0.0503. The van der Waals surface area contributed by atoms with Crippen molar-refractivity contribution in [3.63, 3.8) is 0 Å². The largest absolute Gasteiger partial charge is 0.370 e. The van der Waals surface area contributed by atoms with Crippen LogP contribution in [0.25, 0.3) is 10.9 Å². The molecule has 132 valence electrons. The molecule has 0 saturated carbocycles. The summed E-state index contributed by atoms with van der Waals surface area (Å²) in [7, 11) is 0. The first-order valence-electron chi connectivity index (χ1n) is 9.38. The number of hydrogen-bond donors (Lipinski definition) is 0. The van der Waals surface area contributed by atoms with Gasteiger partial charge in [-0.05, 0) is 43.9 Å². The predicted octanol–water partition coefficient (Wildman–Crippen LogP) is 2.73. The summed E-state index contributed by atoms with van der Waals surface area (Å²) in [6.45, 7) is 4.67. The van der Waals surface area contributed by atoms with E-state index in [9.17, 15) is 4.79 Å². The van der Waals surface area contributed by atoms with Gasteiger partial charge in [-0.25, -0.2) is 4.68 Å². The van der Waals surface area contributed by atoms with Crippen LogP contribution in [0.4, 0.5) is 5.69 Å². The van der Waals surface area contributed by atoms with Crippen molar-refractivity contribution in [2.75, 3.05) is 18.0 Å². The third-order valence-corrected chi connectivity index (χ3v) is 5.58. The molecule has 1 aromatic carbocycles. The molecular weight excluding hydrogens is 324 g/mol. The van der Waals surface area contributed by atoms with Gasteiger partial charge in [0.2, 0.25) is 0 Å². The third-order valence-electron chi connectivity index (χ3n) is 5.58. The second kappa shape index (κ2) is 5.94. The number of hydrogen-bond acceptors (Lipinski definition) is 4. The average Bonchev–Trinajstić information content (AvgIpc) is 3.04. The van der Waals surface area contributed by atoms with Gasteiger partial charge in [0.15, 0.2) is 0 Å². The first-order valence-corrected chi connectivity index (χ1v) is 9.38. The molecule has 1 aliphatic carbocycles. The van der Waals surface area contributed by atoms with Crippen molar-refractivity contribution >= 4 is 16.6 Å². The van der Waals surface area contributed by atoms with Gasteiger partial charge in [0, 0.05) is 41.8 Å². The lowest BCUT2D eigenvalue weighted by molar-refractivity contribution is 0.333. The molecule has 0 bridgehead atoms. The molecule has 26 heavy (non-hydrogen) atoms. The van der Waals surface area contributed by atoms with E-state index in [2.05, 4.69) is 39.2 Å². The zero-order chi connectivity index (χ0) is 17.7. The number of anilines is 1. The monoisotopic (exact) mass is 346 g/mol. The molecular formula is C21H22N4O. The van der Waals surface area contributed by atoms with Crippen LogP contribution in [0, 0.1) is 12.8 Å². The standard InChI is InChI=1S/C21H22N4O/c1-14-9-20(17-6-2-3-7-19(17)22-14)24-11-15(12-24)13-25-21(26)10-16-5-4-8-18(16)23-25/h2-3,6-7,9-10,15H,4-5,8,11-13H2,1H3. The van der Waals surface area contributed by atoms with Crippen LogP contribution >= 0.6 is 0 Å². The molecule has 1 aliphatic heterocycles. The van der Waals surface area contributed by atoms with Crippen LogP contribution in [0.3, 0.4) is 0 Å². The smallest absolute Gasteiger partial charge is 0.267 e. The number of fused-ring (bicyclic) bond motifs is 2. The molecule has 1 fully saturated rings.